The van der Waals surface area contributed by atoms with Crippen molar-refractivity contribution in [2.75, 3.05) is 0 Å². The van der Waals surface area contributed by atoms with Crippen LogP contribution in [0, 0.1) is 5.92 Å². The zero-order valence-electron chi connectivity index (χ0n) is 9.91. The smallest absolute Gasteiger partial charge is 0.331 e. The lowest BCUT2D eigenvalue weighted by Gasteiger charge is -2.48. The van der Waals surface area contributed by atoms with E-state index in [-0.39, 0.29) is 18.8 Å². The number of hydrogen-bond acceptors (Lipinski definition) is 5. The second kappa shape index (κ2) is 5.19. The molecule has 1 rings (SSSR count). The molecule has 102 valence electrons. The molecule has 0 saturated heterocycles. The van der Waals surface area contributed by atoms with Crippen LogP contribution in [0.2, 0.25) is 0 Å². The second-order valence-corrected chi connectivity index (χ2v) is 4.37. The molecule has 1 fully saturated rings. The first kappa shape index (κ1) is 14.2. The summed E-state index contributed by atoms with van der Waals surface area (Å²) in [6, 6.07) is -1.84. The topological polar surface area (TPSA) is 162 Å². The molecular weight excluding hydrogens is 240 g/mol. The van der Waals surface area contributed by atoms with Crippen LogP contribution in [0.4, 0.5) is 9.59 Å². The molecule has 9 heteroatoms. The summed E-state index contributed by atoms with van der Waals surface area (Å²) in [7, 11) is 0. The van der Waals surface area contributed by atoms with Crippen LogP contribution in [0.5, 0.6) is 0 Å². The van der Waals surface area contributed by atoms with E-state index in [0.29, 0.717) is 22.9 Å². The Bertz CT molecular complexity index is 330. The van der Waals surface area contributed by atoms with E-state index < -0.39 is 17.7 Å². The van der Waals surface area contributed by atoms with Gasteiger partial charge in [0.1, 0.15) is 6.29 Å². The van der Waals surface area contributed by atoms with Gasteiger partial charge in [-0.15, -0.1) is 0 Å². The molecule has 0 aliphatic heterocycles. The molecule has 0 aromatic heterocycles. The lowest BCUT2D eigenvalue weighted by Crippen LogP contribution is -2.71. The van der Waals surface area contributed by atoms with Crippen LogP contribution in [0.3, 0.4) is 0 Å². The third-order valence-corrected chi connectivity index (χ3v) is 3.40. The maximum Gasteiger partial charge on any atom is 0.331 e. The van der Waals surface area contributed by atoms with Crippen LogP contribution in [0.25, 0.3) is 0 Å². The van der Waals surface area contributed by atoms with Crippen LogP contribution in [0.15, 0.2) is 0 Å². The van der Waals surface area contributed by atoms with Crippen LogP contribution >= 0.6 is 0 Å². The van der Waals surface area contributed by atoms with Gasteiger partial charge >= 0.3 is 12.1 Å². The fourth-order valence-electron chi connectivity index (χ4n) is 2.25. The molecule has 1 saturated carbocycles. The molecule has 8 N–H and O–H groups in total. The number of urea groups is 2. The van der Waals surface area contributed by atoms with E-state index in [4.69, 9.17) is 23.2 Å². The molecule has 18 heavy (non-hydrogen) atoms. The third kappa shape index (κ3) is 2.36. The van der Waals surface area contributed by atoms with E-state index >= 15 is 0 Å². The number of carbonyl (C=O) groups is 3. The number of aldehydes is 1. The van der Waals surface area contributed by atoms with Crippen LogP contribution in [-0.4, -0.2) is 34.0 Å². The van der Waals surface area contributed by atoms with Crippen LogP contribution in [-0.2, 0) is 4.79 Å². The lowest BCUT2D eigenvalue weighted by atomic mass is 9.81. The molecule has 0 unspecified atom stereocenters. The van der Waals surface area contributed by atoms with Gasteiger partial charge in [0.2, 0.25) is 0 Å². The molecule has 0 spiro atoms. The van der Waals surface area contributed by atoms with E-state index in [1.165, 1.54) is 0 Å². The highest BCUT2D eigenvalue weighted by atomic mass is 16.2. The fourth-order valence-corrected chi connectivity index (χ4v) is 2.25. The van der Waals surface area contributed by atoms with E-state index in [0.717, 1.165) is 6.29 Å². The number of primary amides is 2. The van der Waals surface area contributed by atoms with E-state index in [2.05, 4.69) is 0 Å². The van der Waals surface area contributed by atoms with Gasteiger partial charge in [0, 0.05) is 5.92 Å². The van der Waals surface area contributed by atoms with Crippen molar-refractivity contribution >= 4 is 18.3 Å². The average Bonchev–Trinajstić information content (AvgIpc) is 2.36. The minimum Gasteiger partial charge on any atom is -0.350 e. The number of hydrogen-bond donors (Lipinski definition) is 4. The van der Waals surface area contributed by atoms with Crippen molar-refractivity contribution in [1.82, 2.24) is 10.0 Å². The number of nitrogens with zero attached hydrogens (tertiary/aromatic N) is 2. The average molecular weight is 258 g/mol. The van der Waals surface area contributed by atoms with Gasteiger partial charge in [-0.2, -0.15) is 0 Å². The maximum atomic E-state index is 11.2. The Morgan fingerprint density at radius 2 is 1.44 bits per heavy atom. The van der Waals surface area contributed by atoms with Gasteiger partial charge in [-0.3, -0.25) is 0 Å². The first-order valence-electron chi connectivity index (χ1n) is 5.49. The summed E-state index contributed by atoms with van der Waals surface area (Å²) in [5, 5.41) is 1.41. The summed E-state index contributed by atoms with van der Waals surface area (Å²) in [6.45, 7) is 0. The van der Waals surface area contributed by atoms with Gasteiger partial charge in [-0.05, 0) is 25.7 Å². The van der Waals surface area contributed by atoms with Gasteiger partial charge in [-0.25, -0.2) is 31.3 Å². The Morgan fingerprint density at radius 3 is 1.72 bits per heavy atom. The predicted molar refractivity (Wildman–Crippen MR) is 62.0 cm³/mol. The highest BCUT2D eigenvalue weighted by Crippen LogP contribution is 2.35. The van der Waals surface area contributed by atoms with Crippen molar-refractivity contribution in [2.24, 2.45) is 29.1 Å². The van der Waals surface area contributed by atoms with Gasteiger partial charge in [0.25, 0.3) is 0 Å². The standard InChI is InChI=1S/C9H18N6O3/c10-7(17)14(12)9(15(13)8(11)18)3-1-6(5-16)2-4-9/h5-6H,1-4,12-13H2,(H2,10,17)(H2,11,18). The SMILES string of the molecule is NC(=O)N(N)C1(N(N)C(N)=O)CCC(C=O)CC1. The Labute approximate surface area is 104 Å². The first-order valence-corrected chi connectivity index (χ1v) is 5.49. The van der Waals surface area contributed by atoms with Gasteiger partial charge in [-0.1, -0.05) is 0 Å². The zero-order chi connectivity index (χ0) is 13.9. The van der Waals surface area contributed by atoms with Crippen molar-refractivity contribution in [2.45, 2.75) is 31.3 Å². The number of nitrogens with two attached hydrogens (primary N) is 4. The molecule has 0 radical (unpaired) electrons. The molecule has 1 aliphatic rings. The highest BCUT2D eigenvalue weighted by molar-refractivity contribution is 5.76. The minimum atomic E-state index is -1.27. The third-order valence-electron chi connectivity index (χ3n) is 3.40. The minimum absolute atomic E-state index is 0.138. The number of amides is 4. The molecule has 0 aromatic rings. The predicted octanol–water partition coefficient (Wildman–Crippen LogP) is -1.42. The monoisotopic (exact) mass is 258 g/mol. The van der Waals surface area contributed by atoms with Gasteiger partial charge in [0.15, 0.2) is 5.66 Å². The van der Waals surface area contributed by atoms with E-state index in [1.807, 2.05) is 0 Å². The zero-order valence-corrected chi connectivity index (χ0v) is 9.91. The Hall–Kier alpha value is -1.87. The normalized spacial score (nSPS) is 19.0. The summed E-state index contributed by atoms with van der Waals surface area (Å²) in [5.41, 5.74) is 8.96. The molecule has 0 aromatic carbocycles. The summed E-state index contributed by atoms with van der Waals surface area (Å²) in [4.78, 5) is 33.1. The summed E-state index contributed by atoms with van der Waals surface area (Å²) in [5.74, 6) is 11.0. The summed E-state index contributed by atoms with van der Waals surface area (Å²) in [6.07, 6.45) is 2.22. The molecule has 9 nitrogen and oxygen atoms in total. The molecule has 4 amide bonds. The van der Waals surface area contributed by atoms with E-state index in [1.54, 1.807) is 0 Å². The molecular formula is C9H18N6O3. The van der Waals surface area contributed by atoms with Crippen molar-refractivity contribution in [3.8, 4) is 0 Å². The maximum absolute atomic E-state index is 11.2. The summed E-state index contributed by atoms with van der Waals surface area (Å²) >= 11 is 0. The van der Waals surface area contributed by atoms with Gasteiger partial charge in [0.05, 0.1) is 0 Å². The second-order valence-electron chi connectivity index (χ2n) is 4.37. The van der Waals surface area contributed by atoms with Crippen molar-refractivity contribution < 1.29 is 14.4 Å². The molecule has 0 atom stereocenters. The Kier molecular flexibility index (Phi) is 4.09. The Balaban J connectivity index is 3.00. The molecule has 0 heterocycles. The highest BCUT2D eigenvalue weighted by Gasteiger charge is 2.46. The van der Waals surface area contributed by atoms with Crippen molar-refractivity contribution in [3.05, 3.63) is 0 Å². The van der Waals surface area contributed by atoms with Crippen LogP contribution in [0.1, 0.15) is 25.7 Å². The molecule has 0 bridgehead atoms. The quantitative estimate of drug-likeness (QED) is 0.160. The fraction of sp³-hybridized carbons (Fsp3) is 0.667. The number of rotatable bonds is 3. The van der Waals surface area contributed by atoms with Crippen molar-refractivity contribution in [3.63, 3.8) is 0 Å². The van der Waals surface area contributed by atoms with E-state index in [9.17, 15) is 14.4 Å². The van der Waals surface area contributed by atoms with Crippen molar-refractivity contribution in [1.29, 1.82) is 0 Å². The van der Waals surface area contributed by atoms with Crippen LogP contribution < -0.4 is 23.2 Å². The van der Waals surface area contributed by atoms with Gasteiger partial charge < -0.3 is 16.3 Å². The Morgan fingerprint density at radius 1 is 1.06 bits per heavy atom. The molecule has 1 aliphatic carbocycles. The first-order chi connectivity index (χ1) is 8.35. The largest absolute Gasteiger partial charge is 0.350 e. The lowest BCUT2D eigenvalue weighted by molar-refractivity contribution is -0.114. The number of carbonyl (C=O) groups excluding carboxylic acids is 3. The number of hydrazine groups is 2. The summed E-state index contributed by atoms with van der Waals surface area (Å²) < 4.78 is 0.